The van der Waals surface area contributed by atoms with Crippen LogP contribution in [-0.2, 0) is 0 Å². The summed E-state index contributed by atoms with van der Waals surface area (Å²) in [7, 11) is 0. The summed E-state index contributed by atoms with van der Waals surface area (Å²) in [6, 6.07) is 3.45. The number of nitrogens with zero attached hydrogens (tertiary/aromatic N) is 2. The van der Waals surface area contributed by atoms with Gasteiger partial charge in [-0.2, -0.15) is 0 Å². The summed E-state index contributed by atoms with van der Waals surface area (Å²) in [5, 5.41) is 2.85. The summed E-state index contributed by atoms with van der Waals surface area (Å²) in [5.74, 6) is -1.24. The average Bonchev–Trinajstić information content (AvgIpc) is 2.88. The molecule has 1 N–H and O–H groups in total. The Labute approximate surface area is 154 Å². The molecule has 1 saturated carbocycles. The van der Waals surface area contributed by atoms with Gasteiger partial charge in [0.05, 0.1) is 6.04 Å². The lowest BCUT2D eigenvalue weighted by Crippen LogP contribution is -2.44. The number of halogens is 2. The van der Waals surface area contributed by atoms with Crippen LogP contribution in [0.3, 0.4) is 0 Å². The minimum atomic E-state index is -0.628. The van der Waals surface area contributed by atoms with Gasteiger partial charge in [0.15, 0.2) is 0 Å². The van der Waals surface area contributed by atoms with E-state index >= 15 is 0 Å². The Morgan fingerprint density at radius 3 is 2.58 bits per heavy atom. The summed E-state index contributed by atoms with van der Waals surface area (Å²) in [4.78, 5) is 17.0. The van der Waals surface area contributed by atoms with E-state index in [1.807, 2.05) is 4.90 Å². The molecule has 1 heterocycles. The van der Waals surface area contributed by atoms with Crippen LogP contribution in [0.1, 0.15) is 57.1 Å². The Bertz CT molecular complexity index is 619. The summed E-state index contributed by atoms with van der Waals surface area (Å²) in [6.45, 7) is 5.07. The van der Waals surface area contributed by atoms with E-state index in [9.17, 15) is 13.6 Å². The van der Waals surface area contributed by atoms with E-state index in [0.29, 0.717) is 24.7 Å². The molecule has 26 heavy (non-hydrogen) atoms. The largest absolute Gasteiger partial charge is 0.331 e. The molecule has 1 saturated heterocycles. The van der Waals surface area contributed by atoms with Crippen LogP contribution in [-0.4, -0.2) is 48.1 Å². The maximum Gasteiger partial charge on any atom is 0.317 e. The first kappa shape index (κ1) is 19.1. The Kier molecular flexibility index (Phi) is 6.46. The van der Waals surface area contributed by atoms with Crippen LogP contribution in [0.15, 0.2) is 18.2 Å². The van der Waals surface area contributed by atoms with Crippen LogP contribution >= 0.6 is 0 Å². The molecule has 1 aromatic carbocycles. The molecule has 1 aliphatic carbocycles. The topological polar surface area (TPSA) is 35.6 Å². The maximum absolute atomic E-state index is 13.9. The van der Waals surface area contributed by atoms with E-state index < -0.39 is 17.7 Å². The third-order valence-corrected chi connectivity index (χ3v) is 5.68. The molecule has 2 fully saturated rings. The standard InChI is InChI=1S/C20H29F2N3O/c1-15(18-9-8-16(21)14-19(18)22)23-20(26)25-11-5-10-24(12-13-25)17-6-3-2-4-7-17/h8-9,14-15,17H,2-7,10-13H2,1H3,(H,23,26)/t15-/m1/s1. The third-order valence-electron chi connectivity index (χ3n) is 5.68. The molecule has 0 radical (unpaired) electrons. The Morgan fingerprint density at radius 1 is 1.08 bits per heavy atom. The van der Waals surface area contributed by atoms with Gasteiger partial charge in [-0.25, -0.2) is 13.6 Å². The molecule has 2 aliphatic rings. The highest BCUT2D eigenvalue weighted by atomic mass is 19.1. The fourth-order valence-electron chi connectivity index (χ4n) is 4.16. The fraction of sp³-hybridized carbons (Fsp3) is 0.650. The van der Waals surface area contributed by atoms with Crippen molar-refractivity contribution in [3.05, 3.63) is 35.4 Å². The molecule has 0 unspecified atom stereocenters. The molecule has 0 aromatic heterocycles. The molecule has 144 valence electrons. The summed E-state index contributed by atoms with van der Waals surface area (Å²) in [6.07, 6.45) is 7.47. The van der Waals surface area contributed by atoms with Crippen molar-refractivity contribution in [2.75, 3.05) is 26.2 Å². The summed E-state index contributed by atoms with van der Waals surface area (Å²) >= 11 is 0. The van der Waals surface area contributed by atoms with Gasteiger partial charge in [-0.05, 0) is 32.3 Å². The molecule has 6 heteroatoms. The van der Waals surface area contributed by atoms with E-state index in [-0.39, 0.29) is 6.03 Å². The van der Waals surface area contributed by atoms with Crippen LogP contribution in [0.4, 0.5) is 13.6 Å². The predicted molar refractivity (Wildman–Crippen MR) is 97.9 cm³/mol. The van der Waals surface area contributed by atoms with E-state index in [0.717, 1.165) is 25.6 Å². The number of amides is 2. The maximum atomic E-state index is 13.9. The second kappa shape index (κ2) is 8.80. The smallest absolute Gasteiger partial charge is 0.317 e. The molecule has 3 rings (SSSR count). The molecule has 1 atom stereocenters. The molecule has 0 bridgehead atoms. The van der Waals surface area contributed by atoms with E-state index in [1.54, 1.807) is 6.92 Å². The number of carbonyl (C=O) groups excluding carboxylic acids is 1. The minimum absolute atomic E-state index is 0.174. The highest BCUT2D eigenvalue weighted by molar-refractivity contribution is 5.74. The van der Waals surface area contributed by atoms with Crippen molar-refractivity contribution >= 4 is 6.03 Å². The SMILES string of the molecule is C[C@@H](NC(=O)N1CCCN(C2CCCCC2)CC1)c1ccc(F)cc1F. The Balaban J connectivity index is 1.54. The Hall–Kier alpha value is -1.69. The molecular formula is C20H29F2N3O. The molecule has 1 aliphatic heterocycles. The molecule has 2 amide bonds. The lowest BCUT2D eigenvalue weighted by atomic mass is 9.94. The quantitative estimate of drug-likeness (QED) is 0.876. The number of carbonyl (C=O) groups is 1. The van der Waals surface area contributed by atoms with Crippen LogP contribution in [0.25, 0.3) is 0 Å². The van der Waals surface area contributed by atoms with Gasteiger partial charge in [0.25, 0.3) is 0 Å². The molecular weight excluding hydrogens is 336 g/mol. The highest BCUT2D eigenvalue weighted by Gasteiger charge is 2.26. The van der Waals surface area contributed by atoms with Crippen LogP contribution in [0, 0.1) is 11.6 Å². The number of benzene rings is 1. The minimum Gasteiger partial charge on any atom is -0.331 e. The zero-order valence-corrected chi connectivity index (χ0v) is 15.5. The predicted octanol–water partition coefficient (Wildman–Crippen LogP) is 4.08. The average molecular weight is 365 g/mol. The van der Waals surface area contributed by atoms with Crippen LogP contribution < -0.4 is 5.32 Å². The number of nitrogens with one attached hydrogen (secondary N) is 1. The third kappa shape index (κ3) is 4.72. The summed E-state index contributed by atoms with van der Waals surface area (Å²) in [5.41, 5.74) is 0.304. The number of rotatable bonds is 3. The lowest BCUT2D eigenvalue weighted by Gasteiger charge is -2.33. The first-order chi connectivity index (χ1) is 12.5. The van der Waals surface area contributed by atoms with Crippen molar-refractivity contribution in [2.45, 2.75) is 57.5 Å². The van der Waals surface area contributed by atoms with Crippen LogP contribution in [0.2, 0.25) is 0 Å². The number of hydrogen-bond donors (Lipinski definition) is 1. The van der Waals surface area contributed by atoms with Gasteiger partial charge in [-0.3, -0.25) is 4.90 Å². The van der Waals surface area contributed by atoms with E-state index in [2.05, 4.69) is 10.2 Å². The summed E-state index contributed by atoms with van der Waals surface area (Å²) < 4.78 is 27.0. The zero-order valence-electron chi connectivity index (χ0n) is 15.5. The molecule has 1 aromatic rings. The van der Waals surface area contributed by atoms with Gasteiger partial charge in [0.1, 0.15) is 11.6 Å². The van der Waals surface area contributed by atoms with Gasteiger partial charge in [0, 0.05) is 43.9 Å². The molecule has 4 nitrogen and oxygen atoms in total. The fourth-order valence-corrected chi connectivity index (χ4v) is 4.16. The van der Waals surface area contributed by atoms with E-state index in [1.165, 1.54) is 44.2 Å². The van der Waals surface area contributed by atoms with Crippen molar-refractivity contribution in [1.29, 1.82) is 0 Å². The first-order valence-electron chi connectivity index (χ1n) is 9.79. The van der Waals surface area contributed by atoms with Crippen molar-refractivity contribution in [3.63, 3.8) is 0 Å². The second-order valence-electron chi connectivity index (χ2n) is 7.51. The van der Waals surface area contributed by atoms with Crippen molar-refractivity contribution < 1.29 is 13.6 Å². The zero-order chi connectivity index (χ0) is 18.5. The molecule has 0 spiro atoms. The van der Waals surface area contributed by atoms with Crippen molar-refractivity contribution in [3.8, 4) is 0 Å². The van der Waals surface area contributed by atoms with Gasteiger partial charge in [0.2, 0.25) is 0 Å². The van der Waals surface area contributed by atoms with E-state index in [4.69, 9.17) is 0 Å². The van der Waals surface area contributed by atoms with Gasteiger partial charge >= 0.3 is 6.03 Å². The highest BCUT2D eigenvalue weighted by Crippen LogP contribution is 2.24. The van der Waals surface area contributed by atoms with Crippen molar-refractivity contribution in [1.82, 2.24) is 15.1 Å². The second-order valence-corrected chi connectivity index (χ2v) is 7.51. The van der Waals surface area contributed by atoms with Crippen molar-refractivity contribution in [2.24, 2.45) is 0 Å². The van der Waals surface area contributed by atoms with Gasteiger partial charge in [-0.1, -0.05) is 25.3 Å². The van der Waals surface area contributed by atoms with Gasteiger partial charge < -0.3 is 10.2 Å². The lowest BCUT2D eigenvalue weighted by molar-refractivity contribution is 0.158. The van der Waals surface area contributed by atoms with Crippen LogP contribution in [0.5, 0.6) is 0 Å². The monoisotopic (exact) mass is 365 g/mol. The number of urea groups is 1. The normalized spacial score (nSPS) is 21.3. The van der Waals surface area contributed by atoms with Gasteiger partial charge in [-0.15, -0.1) is 0 Å². The first-order valence-corrected chi connectivity index (χ1v) is 9.79. The number of hydrogen-bond acceptors (Lipinski definition) is 2. The Morgan fingerprint density at radius 2 is 1.85 bits per heavy atom.